The van der Waals surface area contributed by atoms with Crippen LogP contribution in [0.4, 0.5) is 5.69 Å². The lowest BCUT2D eigenvalue weighted by atomic mass is 10.1. The molecule has 1 aliphatic rings. The van der Waals surface area contributed by atoms with Crippen LogP contribution >= 0.6 is 0 Å². The number of sulfonamides is 1. The van der Waals surface area contributed by atoms with E-state index in [0.29, 0.717) is 12.1 Å². The first-order valence-corrected chi connectivity index (χ1v) is 10.2. The summed E-state index contributed by atoms with van der Waals surface area (Å²) in [5.41, 5.74) is 4.85. The molecule has 138 valence electrons. The standard InChI is InChI=1S/C17H26N4O3S/c1-4-14-7-5-6-8-16(14)21(25(3,23)24)13-17(22)19-18-15-9-11-20(2)12-10-15/h5-8H,4,9-13H2,1-3H3,(H,19,22). The van der Waals surface area contributed by atoms with Crippen molar-refractivity contribution in [2.75, 3.05) is 37.2 Å². The third-order valence-corrected chi connectivity index (χ3v) is 5.36. The smallest absolute Gasteiger partial charge is 0.260 e. The minimum atomic E-state index is -3.58. The topological polar surface area (TPSA) is 82.1 Å². The molecule has 0 radical (unpaired) electrons. The molecule has 1 heterocycles. The van der Waals surface area contributed by atoms with E-state index in [0.717, 1.165) is 47.8 Å². The maximum atomic E-state index is 12.2. The summed E-state index contributed by atoms with van der Waals surface area (Å²) in [6.07, 6.45) is 3.41. The number of carbonyl (C=O) groups is 1. The van der Waals surface area contributed by atoms with E-state index < -0.39 is 15.9 Å². The molecule has 2 rings (SSSR count). The number of benzene rings is 1. The number of rotatable bonds is 6. The fourth-order valence-electron chi connectivity index (χ4n) is 2.73. The second-order valence-electron chi connectivity index (χ2n) is 6.27. The molecule has 0 saturated carbocycles. The number of nitrogens with zero attached hydrogens (tertiary/aromatic N) is 3. The van der Waals surface area contributed by atoms with E-state index in [9.17, 15) is 13.2 Å². The number of amides is 1. The predicted octanol–water partition coefficient (Wildman–Crippen LogP) is 1.21. The minimum absolute atomic E-state index is 0.285. The maximum absolute atomic E-state index is 12.2. The highest BCUT2D eigenvalue weighted by molar-refractivity contribution is 7.92. The van der Waals surface area contributed by atoms with Gasteiger partial charge in [0.25, 0.3) is 5.91 Å². The van der Waals surface area contributed by atoms with Gasteiger partial charge in [0.05, 0.1) is 11.9 Å². The molecule has 1 aliphatic heterocycles. The molecule has 0 aromatic heterocycles. The Kier molecular flexibility index (Phi) is 6.55. The average molecular weight is 366 g/mol. The molecule has 8 heteroatoms. The fourth-order valence-corrected chi connectivity index (χ4v) is 3.62. The van der Waals surface area contributed by atoms with Crippen LogP contribution in [0.2, 0.25) is 0 Å². The molecule has 1 fully saturated rings. The fraction of sp³-hybridized carbons (Fsp3) is 0.529. The van der Waals surface area contributed by atoms with Crippen molar-refractivity contribution >= 4 is 27.3 Å². The summed E-state index contributed by atoms with van der Waals surface area (Å²) in [7, 11) is -1.53. The molecule has 25 heavy (non-hydrogen) atoms. The number of anilines is 1. The Hall–Kier alpha value is -1.93. The van der Waals surface area contributed by atoms with Crippen molar-refractivity contribution < 1.29 is 13.2 Å². The third kappa shape index (κ3) is 5.54. The molecule has 0 aliphatic carbocycles. The summed E-state index contributed by atoms with van der Waals surface area (Å²) >= 11 is 0. The number of para-hydroxylation sites is 1. The van der Waals surface area contributed by atoms with E-state index in [1.54, 1.807) is 12.1 Å². The van der Waals surface area contributed by atoms with Crippen LogP contribution in [0.25, 0.3) is 0 Å². The highest BCUT2D eigenvalue weighted by atomic mass is 32.2. The van der Waals surface area contributed by atoms with E-state index in [1.165, 1.54) is 0 Å². The second-order valence-corrected chi connectivity index (χ2v) is 8.18. The minimum Gasteiger partial charge on any atom is -0.306 e. The second kappa shape index (κ2) is 8.44. The van der Waals surface area contributed by atoms with E-state index in [1.807, 2.05) is 26.1 Å². The van der Waals surface area contributed by atoms with E-state index in [-0.39, 0.29) is 6.54 Å². The first kappa shape index (κ1) is 19.4. The zero-order valence-electron chi connectivity index (χ0n) is 15.0. The molecule has 1 aromatic carbocycles. The number of aryl methyl sites for hydroxylation is 1. The van der Waals surface area contributed by atoms with Gasteiger partial charge in [-0.15, -0.1) is 0 Å². The summed E-state index contributed by atoms with van der Waals surface area (Å²) in [4.78, 5) is 14.4. The Morgan fingerprint density at radius 1 is 1.28 bits per heavy atom. The normalized spacial score (nSPS) is 15.7. The average Bonchev–Trinajstić information content (AvgIpc) is 2.58. The van der Waals surface area contributed by atoms with Crippen molar-refractivity contribution in [3.05, 3.63) is 29.8 Å². The van der Waals surface area contributed by atoms with Crippen LogP contribution in [0, 0.1) is 0 Å². The number of carbonyl (C=O) groups excluding carboxylic acids is 1. The maximum Gasteiger partial charge on any atom is 0.260 e. The lowest BCUT2D eigenvalue weighted by Gasteiger charge is -2.24. The van der Waals surface area contributed by atoms with Gasteiger partial charge < -0.3 is 4.90 Å². The highest BCUT2D eigenvalue weighted by Crippen LogP contribution is 2.23. The SMILES string of the molecule is CCc1ccccc1N(CC(=O)NN=C1CCN(C)CC1)S(C)(=O)=O. The molecule has 1 saturated heterocycles. The van der Waals surface area contributed by atoms with Crippen LogP contribution in [-0.2, 0) is 21.2 Å². The Morgan fingerprint density at radius 3 is 2.52 bits per heavy atom. The van der Waals surface area contributed by atoms with Crippen LogP contribution in [0.5, 0.6) is 0 Å². The van der Waals surface area contributed by atoms with Gasteiger partial charge in [-0.2, -0.15) is 5.10 Å². The highest BCUT2D eigenvalue weighted by Gasteiger charge is 2.22. The van der Waals surface area contributed by atoms with Crippen LogP contribution in [0.15, 0.2) is 29.4 Å². The van der Waals surface area contributed by atoms with Crippen LogP contribution in [0.1, 0.15) is 25.3 Å². The van der Waals surface area contributed by atoms with Crippen molar-refractivity contribution in [2.45, 2.75) is 26.2 Å². The number of hydrazone groups is 1. The Morgan fingerprint density at radius 2 is 1.92 bits per heavy atom. The molecule has 0 unspecified atom stereocenters. The van der Waals surface area contributed by atoms with Crippen LogP contribution < -0.4 is 9.73 Å². The first-order chi connectivity index (χ1) is 11.8. The predicted molar refractivity (Wildman–Crippen MR) is 100 cm³/mol. The van der Waals surface area contributed by atoms with Crippen LogP contribution in [-0.4, -0.2) is 57.9 Å². The van der Waals surface area contributed by atoms with Gasteiger partial charge in [-0.25, -0.2) is 13.8 Å². The molecule has 0 spiro atoms. The van der Waals surface area contributed by atoms with Gasteiger partial charge in [0.15, 0.2) is 0 Å². The van der Waals surface area contributed by atoms with E-state index in [2.05, 4.69) is 15.4 Å². The number of hydrogen-bond donors (Lipinski definition) is 1. The molecule has 1 amide bonds. The monoisotopic (exact) mass is 366 g/mol. The van der Waals surface area contributed by atoms with Gasteiger partial charge in [0, 0.05) is 31.6 Å². The van der Waals surface area contributed by atoms with Crippen molar-refractivity contribution in [2.24, 2.45) is 5.10 Å². The number of hydrogen-bond acceptors (Lipinski definition) is 5. The quantitative estimate of drug-likeness (QED) is 0.768. The van der Waals surface area contributed by atoms with Gasteiger partial charge in [0.2, 0.25) is 10.0 Å². The first-order valence-electron chi connectivity index (χ1n) is 8.39. The van der Waals surface area contributed by atoms with Crippen molar-refractivity contribution in [3.63, 3.8) is 0 Å². The van der Waals surface area contributed by atoms with Gasteiger partial charge in [0.1, 0.15) is 6.54 Å². The molecule has 1 N–H and O–H groups in total. The van der Waals surface area contributed by atoms with Gasteiger partial charge in [-0.1, -0.05) is 25.1 Å². The number of likely N-dealkylation sites (tertiary alicyclic amines) is 1. The third-order valence-electron chi connectivity index (χ3n) is 4.23. The molecule has 0 bridgehead atoms. The zero-order valence-corrected chi connectivity index (χ0v) is 15.8. The van der Waals surface area contributed by atoms with Crippen molar-refractivity contribution in [1.29, 1.82) is 0 Å². The summed E-state index contributed by atoms with van der Waals surface area (Å²) in [5, 5.41) is 4.16. The number of piperidine rings is 1. The zero-order chi connectivity index (χ0) is 18.4. The molecule has 0 atom stereocenters. The van der Waals surface area contributed by atoms with E-state index in [4.69, 9.17) is 0 Å². The summed E-state index contributed by atoms with van der Waals surface area (Å²) < 4.78 is 25.5. The summed E-state index contributed by atoms with van der Waals surface area (Å²) in [6, 6.07) is 7.21. The summed E-state index contributed by atoms with van der Waals surface area (Å²) in [5.74, 6) is -0.442. The lowest BCUT2D eigenvalue weighted by Crippen LogP contribution is -2.40. The Labute approximate surface area is 149 Å². The largest absolute Gasteiger partial charge is 0.306 e. The molecule has 7 nitrogen and oxygen atoms in total. The van der Waals surface area contributed by atoms with E-state index >= 15 is 0 Å². The van der Waals surface area contributed by atoms with Crippen molar-refractivity contribution in [3.8, 4) is 0 Å². The number of nitrogens with one attached hydrogen (secondary N) is 1. The van der Waals surface area contributed by atoms with Gasteiger partial charge >= 0.3 is 0 Å². The Balaban J connectivity index is 2.10. The molecular formula is C17H26N4O3S. The molecular weight excluding hydrogens is 340 g/mol. The lowest BCUT2D eigenvalue weighted by molar-refractivity contribution is -0.119. The van der Waals surface area contributed by atoms with Crippen molar-refractivity contribution in [1.82, 2.24) is 10.3 Å². The summed E-state index contributed by atoms with van der Waals surface area (Å²) in [6.45, 7) is 3.49. The van der Waals surface area contributed by atoms with Gasteiger partial charge in [-0.05, 0) is 25.1 Å². The molecule has 1 aromatic rings. The van der Waals surface area contributed by atoms with Gasteiger partial charge in [-0.3, -0.25) is 9.10 Å². The van der Waals surface area contributed by atoms with Crippen LogP contribution in [0.3, 0.4) is 0 Å². The Bertz CT molecular complexity index is 736.